The number of pyridine rings is 1. The summed E-state index contributed by atoms with van der Waals surface area (Å²) in [6.45, 7) is 0.433. The second kappa shape index (κ2) is 6.26. The van der Waals surface area contributed by atoms with E-state index < -0.39 is 0 Å². The Bertz CT molecular complexity index is 801. The van der Waals surface area contributed by atoms with Crippen molar-refractivity contribution in [3.8, 4) is 5.75 Å². The number of carbonyl (C=O) groups excluding carboxylic acids is 1. The molecule has 4 heteroatoms. The van der Waals surface area contributed by atoms with E-state index in [0.717, 1.165) is 16.3 Å². The van der Waals surface area contributed by atoms with Gasteiger partial charge in [0.25, 0.3) is 5.91 Å². The number of benzene rings is 2. The third kappa shape index (κ3) is 2.91. The minimum absolute atomic E-state index is 0.161. The van der Waals surface area contributed by atoms with E-state index in [4.69, 9.17) is 4.74 Å². The molecule has 3 aromatic rings. The summed E-state index contributed by atoms with van der Waals surface area (Å²) in [6.07, 6.45) is 3.44. The number of aromatic nitrogens is 1. The van der Waals surface area contributed by atoms with Gasteiger partial charge >= 0.3 is 0 Å². The molecule has 0 fully saturated rings. The van der Waals surface area contributed by atoms with Crippen LogP contribution in [0.15, 0.2) is 60.9 Å². The molecule has 4 nitrogen and oxygen atoms in total. The standard InChI is InChI=1S/C18H16N2O2/c1-22-17-10-15-7-3-2-6-14(15)9-16(17)18(21)20-12-13-5-4-8-19-11-13/h2-11H,12H2,1H3,(H,20,21). The highest BCUT2D eigenvalue weighted by molar-refractivity contribution is 6.01. The van der Waals surface area contributed by atoms with E-state index >= 15 is 0 Å². The van der Waals surface area contributed by atoms with Crippen LogP contribution in [0.1, 0.15) is 15.9 Å². The van der Waals surface area contributed by atoms with Crippen molar-refractivity contribution in [1.29, 1.82) is 0 Å². The molecular formula is C18H16N2O2. The summed E-state index contributed by atoms with van der Waals surface area (Å²) in [5, 5.41) is 4.95. The first kappa shape index (κ1) is 14.1. The molecule has 110 valence electrons. The molecule has 0 aliphatic carbocycles. The molecule has 1 heterocycles. The molecule has 3 rings (SSSR count). The minimum Gasteiger partial charge on any atom is -0.496 e. The van der Waals surface area contributed by atoms with Crippen LogP contribution >= 0.6 is 0 Å². The topological polar surface area (TPSA) is 51.2 Å². The summed E-state index contributed by atoms with van der Waals surface area (Å²) in [4.78, 5) is 16.5. The zero-order valence-corrected chi connectivity index (χ0v) is 12.2. The second-order valence-electron chi connectivity index (χ2n) is 4.94. The maximum absolute atomic E-state index is 12.4. The van der Waals surface area contributed by atoms with Gasteiger partial charge in [0.2, 0.25) is 0 Å². The van der Waals surface area contributed by atoms with Gasteiger partial charge in [0.15, 0.2) is 0 Å². The monoisotopic (exact) mass is 292 g/mol. The number of nitrogens with one attached hydrogen (secondary N) is 1. The van der Waals surface area contributed by atoms with E-state index in [1.165, 1.54) is 0 Å². The third-order valence-corrected chi connectivity index (χ3v) is 3.49. The Morgan fingerprint density at radius 3 is 2.59 bits per heavy atom. The SMILES string of the molecule is COc1cc2ccccc2cc1C(=O)NCc1cccnc1. The van der Waals surface area contributed by atoms with E-state index in [2.05, 4.69) is 10.3 Å². The van der Waals surface area contributed by atoms with Crippen LogP contribution in [0.4, 0.5) is 0 Å². The maximum Gasteiger partial charge on any atom is 0.255 e. The van der Waals surface area contributed by atoms with Crippen molar-refractivity contribution in [3.63, 3.8) is 0 Å². The normalized spacial score (nSPS) is 10.4. The van der Waals surface area contributed by atoms with Gasteiger partial charge in [0.05, 0.1) is 12.7 Å². The number of hydrogen-bond donors (Lipinski definition) is 1. The van der Waals surface area contributed by atoms with Crippen molar-refractivity contribution in [2.75, 3.05) is 7.11 Å². The summed E-state index contributed by atoms with van der Waals surface area (Å²) in [7, 11) is 1.57. The van der Waals surface area contributed by atoms with Crippen LogP contribution in [-0.4, -0.2) is 18.0 Å². The number of ether oxygens (including phenoxy) is 1. The van der Waals surface area contributed by atoms with Crippen LogP contribution in [0.2, 0.25) is 0 Å². The number of hydrogen-bond acceptors (Lipinski definition) is 3. The molecule has 0 aliphatic heterocycles. The van der Waals surface area contributed by atoms with Crippen LogP contribution < -0.4 is 10.1 Å². The minimum atomic E-state index is -0.161. The molecule has 1 amide bonds. The molecule has 0 atom stereocenters. The smallest absolute Gasteiger partial charge is 0.255 e. The van der Waals surface area contributed by atoms with Gasteiger partial charge in [-0.2, -0.15) is 0 Å². The Kier molecular flexibility index (Phi) is 4.01. The molecule has 0 radical (unpaired) electrons. The predicted octanol–water partition coefficient (Wildman–Crippen LogP) is 3.17. The van der Waals surface area contributed by atoms with E-state index in [0.29, 0.717) is 17.9 Å². The molecule has 0 spiro atoms. The van der Waals surface area contributed by atoms with E-state index in [9.17, 15) is 4.79 Å². The number of amides is 1. The molecule has 0 saturated carbocycles. The van der Waals surface area contributed by atoms with Gasteiger partial charge in [0.1, 0.15) is 5.75 Å². The number of rotatable bonds is 4. The molecule has 0 bridgehead atoms. The number of methoxy groups -OCH3 is 1. The van der Waals surface area contributed by atoms with Crippen molar-refractivity contribution in [3.05, 3.63) is 72.1 Å². The van der Waals surface area contributed by atoms with Gasteiger partial charge in [-0.25, -0.2) is 0 Å². The molecule has 0 aliphatic rings. The fourth-order valence-corrected chi connectivity index (χ4v) is 2.35. The summed E-state index contributed by atoms with van der Waals surface area (Å²) < 4.78 is 5.35. The van der Waals surface area contributed by atoms with Gasteiger partial charge in [0, 0.05) is 18.9 Å². The van der Waals surface area contributed by atoms with Crippen molar-refractivity contribution >= 4 is 16.7 Å². The lowest BCUT2D eigenvalue weighted by molar-refractivity contribution is 0.0948. The quantitative estimate of drug-likeness (QED) is 0.803. The van der Waals surface area contributed by atoms with Crippen molar-refractivity contribution in [2.45, 2.75) is 6.54 Å². The van der Waals surface area contributed by atoms with E-state index in [-0.39, 0.29) is 5.91 Å². The van der Waals surface area contributed by atoms with E-state index in [1.54, 1.807) is 19.5 Å². The highest BCUT2D eigenvalue weighted by Crippen LogP contribution is 2.25. The average Bonchev–Trinajstić information content (AvgIpc) is 2.59. The molecule has 2 aromatic carbocycles. The summed E-state index contributed by atoms with van der Waals surface area (Å²) in [5.74, 6) is 0.411. The lowest BCUT2D eigenvalue weighted by Crippen LogP contribution is -2.23. The Labute approximate surface area is 128 Å². The van der Waals surface area contributed by atoms with Gasteiger partial charge in [-0.15, -0.1) is 0 Å². The molecule has 0 saturated heterocycles. The number of fused-ring (bicyclic) bond motifs is 1. The first-order valence-electron chi connectivity index (χ1n) is 7.02. The lowest BCUT2D eigenvalue weighted by Gasteiger charge is -2.11. The fraction of sp³-hybridized carbons (Fsp3) is 0.111. The maximum atomic E-state index is 12.4. The Balaban J connectivity index is 1.86. The van der Waals surface area contributed by atoms with Crippen LogP contribution in [0.25, 0.3) is 10.8 Å². The molecular weight excluding hydrogens is 276 g/mol. The number of carbonyl (C=O) groups is 1. The zero-order valence-electron chi connectivity index (χ0n) is 12.2. The fourth-order valence-electron chi connectivity index (χ4n) is 2.35. The Morgan fingerprint density at radius 2 is 1.91 bits per heavy atom. The van der Waals surface area contributed by atoms with Gasteiger partial charge in [-0.05, 0) is 34.5 Å². The van der Waals surface area contributed by atoms with Crippen LogP contribution in [0, 0.1) is 0 Å². The third-order valence-electron chi connectivity index (χ3n) is 3.49. The largest absolute Gasteiger partial charge is 0.496 e. The predicted molar refractivity (Wildman–Crippen MR) is 85.9 cm³/mol. The van der Waals surface area contributed by atoms with E-state index in [1.807, 2.05) is 48.5 Å². The molecule has 1 aromatic heterocycles. The average molecular weight is 292 g/mol. The van der Waals surface area contributed by atoms with Gasteiger partial charge in [-0.1, -0.05) is 30.3 Å². The molecule has 0 unspecified atom stereocenters. The van der Waals surface area contributed by atoms with Gasteiger partial charge in [-0.3, -0.25) is 9.78 Å². The Morgan fingerprint density at radius 1 is 1.14 bits per heavy atom. The first-order chi connectivity index (χ1) is 10.8. The summed E-state index contributed by atoms with van der Waals surface area (Å²) >= 11 is 0. The lowest BCUT2D eigenvalue weighted by atomic mass is 10.1. The summed E-state index contributed by atoms with van der Waals surface area (Å²) in [6, 6.07) is 15.4. The molecule has 22 heavy (non-hydrogen) atoms. The Hall–Kier alpha value is -2.88. The first-order valence-corrected chi connectivity index (χ1v) is 7.02. The second-order valence-corrected chi connectivity index (χ2v) is 4.94. The van der Waals surface area contributed by atoms with Crippen LogP contribution in [0.5, 0.6) is 5.75 Å². The van der Waals surface area contributed by atoms with Gasteiger partial charge < -0.3 is 10.1 Å². The zero-order chi connectivity index (χ0) is 15.4. The summed E-state index contributed by atoms with van der Waals surface area (Å²) in [5.41, 5.74) is 1.49. The highest BCUT2D eigenvalue weighted by Gasteiger charge is 2.13. The van der Waals surface area contributed by atoms with Crippen molar-refractivity contribution in [1.82, 2.24) is 10.3 Å². The van der Waals surface area contributed by atoms with Crippen molar-refractivity contribution in [2.24, 2.45) is 0 Å². The highest BCUT2D eigenvalue weighted by atomic mass is 16.5. The van der Waals surface area contributed by atoms with Crippen molar-refractivity contribution < 1.29 is 9.53 Å². The van der Waals surface area contributed by atoms with Crippen LogP contribution in [-0.2, 0) is 6.54 Å². The number of nitrogens with zero attached hydrogens (tertiary/aromatic N) is 1. The molecule has 1 N–H and O–H groups in total. The van der Waals surface area contributed by atoms with Crippen LogP contribution in [0.3, 0.4) is 0 Å².